The Balaban J connectivity index is 1.66. The largest absolute Gasteiger partial charge is 0.323 e. The maximum Gasteiger partial charge on any atom is 0.227 e. The molecule has 0 N–H and O–H groups in total. The van der Waals surface area contributed by atoms with Gasteiger partial charge in [-0.15, -0.1) is 0 Å². The molecule has 5 rings (SSSR count). The average Bonchev–Trinajstić information content (AvgIpc) is 3.14. The highest BCUT2D eigenvalue weighted by Crippen LogP contribution is 2.41. The Morgan fingerprint density at radius 1 is 0.935 bits per heavy atom. The smallest absolute Gasteiger partial charge is 0.227 e. The molecular weight excluding hydrogens is 464 g/mol. The first kappa shape index (κ1) is 20.6. The molecule has 1 unspecified atom stereocenters. The van der Waals surface area contributed by atoms with Crippen LogP contribution in [0.1, 0.15) is 69.3 Å². The normalized spacial score (nSPS) is 20.5. The van der Waals surface area contributed by atoms with Crippen molar-refractivity contribution in [1.29, 1.82) is 0 Å². The van der Waals surface area contributed by atoms with Crippen LogP contribution in [0.15, 0.2) is 40.9 Å². The van der Waals surface area contributed by atoms with E-state index in [0.29, 0.717) is 18.2 Å². The summed E-state index contributed by atoms with van der Waals surface area (Å²) < 4.78 is 30.9. The molecule has 1 amide bonds. The van der Waals surface area contributed by atoms with Gasteiger partial charge in [0.25, 0.3) is 0 Å². The summed E-state index contributed by atoms with van der Waals surface area (Å²) in [6.07, 6.45) is 7.65. The maximum absolute atomic E-state index is 14.0. The highest BCUT2D eigenvalue weighted by molar-refractivity contribution is 9.10. The molecule has 0 bridgehead atoms. The van der Waals surface area contributed by atoms with Crippen molar-refractivity contribution in [3.05, 3.63) is 58.3 Å². The molecule has 2 heterocycles. The van der Waals surface area contributed by atoms with Gasteiger partial charge in [-0.2, -0.15) is 0 Å². The minimum Gasteiger partial charge on any atom is -0.323 e. The number of carbonyl (C=O) groups is 1. The van der Waals surface area contributed by atoms with E-state index in [1.165, 1.54) is 25.3 Å². The van der Waals surface area contributed by atoms with Gasteiger partial charge in [0.15, 0.2) is 11.6 Å². The minimum absolute atomic E-state index is 0.0781. The first-order valence-electron chi connectivity index (χ1n) is 11.0. The fourth-order valence-electron chi connectivity index (χ4n) is 5.12. The molecule has 1 aliphatic carbocycles. The van der Waals surface area contributed by atoms with E-state index in [2.05, 4.69) is 26.6 Å². The van der Waals surface area contributed by atoms with Crippen LogP contribution in [0.4, 0.5) is 14.5 Å². The number of nitrogens with zero attached hydrogens (tertiary/aromatic N) is 3. The molecule has 1 aromatic heterocycles. The van der Waals surface area contributed by atoms with E-state index in [9.17, 15) is 13.6 Å². The lowest BCUT2D eigenvalue weighted by Gasteiger charge is -2.37. The Morgan fingerprint density at radius 2 is 1.74 bits per heavy atom. The number of benzene rings is 2. The SMILES string of the molecule is O=C1CCCC(c2nc3cc(Br)ccc3n2C2CCCCC2)N1c1ccc(F)c(F)c1. The molecule has 1 saturated heterocycles. The monoisotopic (exact) mass is 487 g/mol. The van der Waals surface area contributed by atoms with E-state index in [4.69, 9.17) is 4.98 Å². The van der Waals surface area contributed by atoms with Gasteiger partial charge >= 0.3 is 0 Å². The third-order valence-electron chi connectivity index (χ3n) is 6.55. The van der Waals surface area contributed by atoms with Gasteiger partial charge in [-0.05, 0) is 56.0 Å². The van der Waals surface area contributed by atoms with Gasteiger partial charge in [-0.1, -0.05) is 35.2 Å². The quantitative estimate of drug-likeness (QED) is 0.405. The van der Waals surface area contributed by atoms with Crippen LogP contribution in [-0.4, -0.2) is 15.5 Å². The van der Waals surface area contributed by atoms with E-state index in [1.54, 1.807) is 4.90 Å². The number of halogens is 3. The van der Waals surface area contributed by atoms with E-state index >= 15 is 0 Å². The molecule has 2 fully saturated rings. The first-order valence-corrected chi connectivity index (χ1v) is 11.8. The number of hydrogen-bond acceptors (Lipinski definition) is 2. The topological polar surface area (TPSA) is 38.1 Å². The fourth-order valence-corrected chi connectivity index (χ4v) is 5.47. The number of piperidine rings is 1. The van der Waals surface area contributed by atoms with E-state index < -0.39 is 11.6 Å². The van der Waals surface area contributed by atoms with Crippen LogP contribution in [-0.2, 0) is 4.79 Å². The van der Waals surface area contributed by atoms with Crippen molar-refractivity contribution >= 4 is 38.6 Å². The Hall–Kier alpha value is -2.28. The summed E-state index contributed by atoms with van der Waals surface area (Å²) in [5.41, 5.74) is 2.34. The molecule has 31 heavy (non-hydrogen) atoms. The van der Waals surface area contributed by atoms with Gasteiger partial charge in [-0.25, -0.2) is 13.8 Å². The van der Waals surface area contributed by atoms with Crippen LogP contribution in [0, 0.1) is 11.6 Å². The molecule has 7 heteroatoms. The number of amides is 1. The molecule has 2 aliphatic rings. The van der Waals surface area contributed by atoms with E-state index in [-0.39, 0.29) is 11.9 Å². The second-order valence-corrected chi connectivity index (χ2v) is 9.45. The summed E-state index contributed by atoms with van der Waals surface area (Å²) in [5, 5.41) is 0. The molecule has 4 nitrogen and oxygen atoms in total. The van der Waals surface area contributed by atoms with Crippen molar-refractivity contribution in [2.45, 2.75) is 63.5 Å². The molecule has 162 valence electrons. The predicted molar refractivity (Wildman–Crippen MR) is 120 cm³/mol. The van der Waals surface area contributed by atoms with Gasteiger partial charge in [0, 0.05) is 28.7 Å². The number of aromatic nitrogens is 2. The van der Waals surface area contributed by atoms with Gasteiger partial charge in [0.2, 0.25) is 5.91 Å². The second kappa shape index (κ2) is 8.34. The number of imidazole rings is 1. The zero-order chi connectivity index (χ0) is 21.5. The molecule has 0 spiro atoms. The fraction of sp³-hybridized carbons (Fsp3) is 0.417. The predicted octanol–water partition coefficient (Wildman–Crippen LogP) is 6.84. The van der Waals surface area contributed by atoms with Crippen molar-refractivity contribution in [2.24, 2.45) is 0 Å². The number of hydrogen-bond donors (Lipinski definition) is 0. The molecule has 0 radical (unpaired) electrons. The summed E-state index contributed by atoms with van der Waals surface area (Å²) >= 11 is 3.54. The highest BCUT2D eigenvalue weighted by atomic mass is 79.9. The second-order valence-electron chi connectivity index (χ2n) is 8.54. The van der Waals surface area contributed by atoms with Crippen LogP contribution in [0.25, 0.3) is 11.0 Å². The van der Waals surface area contributed by atoms with E-state index in [0.717, 1.165) is 59.1 Å². The standard InChI is InChI=1S/C24H24BrF2N3O/c25-15-9-12-21-20(13-15)28-24(30(21)16-5-2-1-3-6-16)22-7-4-8-23(31)29(22)17-10-11-18(26)19(27)14-17/h9-14,16,22H,1-8H2. The maximum atomic E-state index is 14.0. The third-order valence-corrected chi connectivity index (χ3v) is 7.04. The number of carbonyl (C=O) groups excluding carboxylic acids is 1. The molecule has 3 aromatic rings. The lowest BCUT2D eigenvalue weighted by molar-refractivity contribution is -0.120. The zero-order valence-corrected chi connectivity index (χ0v) is 18.7. The summed E-state index contributed by atoms with van der Waals surface area (Å²) in [5.74, 6) is -1.09. The van der Waals surface area contributed by atoms with Crippen molar-refractivity contribution < 1.29 is 13.6 Å². The summed E-state index contributed by atoms with van der Waals surface area (Å²) in [7, 11) is 0. The Bertz CT molecular complexity index is 1140. The van der Waals surface area contributed by atoms with Crippen LogP contribution >= 0.6 is 15.9 Å². The van der Waals surface area contributed by atoms with Crippen molar-refractivity contribution in [3.8, 4) is 0 Å². The molecule has 1 atom stereocenters. The number of rotatable bonds is 3. The van der Waals surface area contributed by atoms with Crippen molar-refractivity contribution in [2.75, 3.05) is 4.90 Å². The first-order chi connectivity index (χ1) is 15.0. The Morgan fingerprint density at radius 3 is 2.52 bits per heavy atom. The summed E-state index contributed by atoms with van der Waals surface area (Å²) in [6.45, 7) is 0. The van der Waals surface area contributed by atoms with Gasteiger partial charge in [0.1, 0.15) is 5.82 Å². The Kier molecular flexibility index (Phi) is 5.54. The van der Waals surface area contributed by atoms with Gasteiger partial charge in [-0.3, -0.25) is 4.79 Å². The van der Waals surface area contributed by atoms with Crippen LogP contribution in [0.2, 0.25) is 0 Å². The lowest BCUT2D eigenvalue weighted by atomic mass is 9.94. The molecule has 1 aliphatic heterocycles. The number of fused-ring (bicyclic) bond motifs is 1. The number of anilines is 1. The minimum atomic E-state index is -0.945. The summed E-state index contributed by atoms with van der Waals surface area (Å²) in [4.78, 5) is 19.6. The Labute approximate surface area is 188 Å². The van der Waals surface area contributed by atoms with Crippen molar-refractivity contribution in [3.63, 3.8) is 0 Å². The van der Waals surface area contributed by atoms with Crippen LogP contribution in [0.3, 0.4) is 0 Å². The van der Waals surface area contributed by atoms with Crippen LogP contribution in [0.5, 0.6) is 0 Å². The average molecular weight is 488 g/mol. The van der Waals surface area contributed by atoms with Crippen molar-refractivity contribution in [1.82, 2.24) is 9.55 Å². The van der Waals surface area contributed by atoms with Gasteiger partial charge < -0.3 is 9.47 Å². The zero-order valence-electron chi connectivity index (χ0n) is 17.2. The van der Waals surface area contributed by atoms with Gasteiger partial charge in [0.05, 0.1) is 17.1 Å². The van der Waals surface area contributed by atoms with E-state index in [1.807, 2.05) is 12.1 Å². The summed E-state index contributed by atoms with van der Waals surface area (Å²) in [6, 6.07) is 9.82. The highest BCUT2D eigenvalue weighted by Gasteiger charge is 2.36. The lowest BCUT2D eigenvalue weighted by Crippen LogP contribution is -2.40. The third kappa shape index (κ3) is 3.77. The molecule has 2 aromatic carbocycles. The molecular formula is C24H24BrF2N3O. The van der Waals surface area contributed by atoms with Crippen LogP contribution < -0.4 is 4.90 Å². The molecule has 1 saturated carbocycles.